The minimum Gasteiger partial charge on any atom is -0.484 e. The lowest BCUT2D eigenvalue weighted by molar-refractivity contribution is -0.132. The minimum absolute atomic E-state index is 0.00523. The molecule has 3 rings (SSSR count). The summed E-state index contributed by atoms with van der Waals surface area (Å²) < 4.78 is 5.58. The van der Waals surface area contributed by atoms with Crippen LogP contribution in [-0.4, -0.2) is 36.4 Å². The highest BCUT2D eigenvalue weighted by Crippen LogP contribution is 2.18. The Morgan fingerprint density at radius 2 is 1.86 bits per heavy atom. The van der Waals surface area contributed by atoms with Crippen molar-refractivity contribution in [3.05, 3.63) is 59.7 Å². The van der Waals surface area contributed by atoms with Gasteiger partial charge in [0, 0.05) is 31.3 Å². The molecule has 0 saturated carbocycles. The van der Waals surface area contributed by atoms with Crippen LogP contribution < -0.4 is 10.1 Å². The van der Waals surface area contributed by atoms with E-state index in [2.05, 4.69) is 11.4 Å². The van der Waals surface area contributed by atoms with Gasteiger partial charge in [-0.15, -0.1) is 0 Å². The van der Waals surface area contributed by atoms with Gasteiger partial charge in [-0.25, -0.2) is 0 Å². The molecular formula is C22H23N3O3. The second kappa shape index (κ2) is 9.56. The first-order valence-corrected chi connectivity index (χ1v) is 9.43. The topological polar surface area (TPSA) is 82.4 Å². The zero-order chi connectivity index (χ0) is 19.8. The van der Waals surface area contributed by atoms with Gasteiger partial charge in [0.05, 0.1) is 11.6 Å². The maximum absolute atomic E-state index is 12.2. The van der Waals surface area contributed by atoms with Gasteiger partial charge in [0.15, 0.2) is 6.61 Å². The molecule has 0 unspecified atom stereocenters. The SMILES string of the molecule is N#Cc1ccc(CCC(=O)Nc2cccc(OCC(=O)N3CCCC3)c2)cc1. The summed E-state index contributed by atoms with van der Waals surface area (Å²) in [6.07, 6.45) is 3.04. The fraction of sp³-hybridized carbons (Fsp3) is 0.318. The number of rotatable bonds is 7. The van der Waals surface area contributed by atoms with Crippen LogP contribution >= 0.6 is 0 Å². The highest BCUT2D eigenvalue weighted by atomic mass is 16.5. The van der Waals surface area contributed by atoms with Crippen molar-refractivity contribution in [2.24, 2.45) is 0 Å². The summed E-state index contributed by atoms with van der Waals surface area (Å²) in [6, 6.07) is 16.3. The van der Waals surface area contributed by atoms with Gasteiger partial charge < -0.3 is 15.0 Å². The number of amides is 2. The molecule has 1 N–H and O–H groups in total. The smallest absolute Gasteiger partial charge is 0.260 e. The van der Waals surface area contributed by atoms with Crippen LogP contribution in [0.5, 0.6) is 5.75 Å². The average molecular weight is 377 g/mol. The van der Waals surface area contributed by atoms with E-state index >= 15 is 0 Å². The van der Waals surface area contributed by atoms with Crippen LogP contribution in [0.25, 0.3) is 0 Å². The zero-order valence-corrected chi connectivity index (χ0v) is 15.7. The van der Waals surface area contributed by atoms with E-state index in [4.69, 9.17) is 10.00 Å². The van der Waals surface area contributed by atoms with E-state index < -0.39 is 0 Å². The molecule has 6 heteroatoms. The van der Waals surface area contributed by atoms with Gasteiger partial charge in [-0.1, -0.05) is 18.2 Å². The van der Waals surface area contributed by atoms with Crippen LogP contribution in [-0.2, 0) is 16.0 Å². The molecule has 0 radical (unpaired) electrons. The molecule has 1 fully saturated rings. The molecule has 1 aliphatic heterocycles. The predicted molar refractivity (Wildman–Crippen MR) is 106 cm³/mol. The van der Waals surface area contributed by atoms with Gasteiger partial charge in [0.1, 0.15) is 5.75 Å². The van der Waals surface area contributed by atoms with Gasteiger partial charge in [0.2, 0.25) is 5.91 Å². The summed E-state index contributed by atoms with van der Waals surface area (Å²) in [5.41, 5.74) is 2.25. The lowest BCUT2D eigenvalue weighted by atomic mass is 10.1. The molecule has 1 aliphatic rings. The number of nitriles is 1. The highest BCUT2D eigenvalue weighted by molar-refractivity contribution is 5.91. The third-order valence-corrected chi connectivity index (χ3v) is 4.66. The third kappa shape index (κ3) is 5.58. The Labute approximate surface area is 164 Å². The number of carbonyl (C=O) groups excluding carboxylic acids is 2. The van der Waals surface area contributed by atoms with Crippen LogP contribution in [0.2, 0.25) is 0 Å². The molecule has 0 bridgehead atoms. The molecule has 6 nitrogen and oxygen atoms in total. The van der Waals surface area contributed by atoms with E-state index in [1.54, 1.807) is 36.4 Å². The summed E-state index contributed by atoms with van der Waals surface area (Å²) in [6.45, 7) is 1.62. The first-order valence-electron chi connectivity index (χ1n) is 9.43. The summed E-state index contributed by atoms with van der Waals surface area (Å²) >= 11 is 0. The Bertz CT molecular complexity index is 865. The molecule has 2 amide bonds. The van der Waals surface area contributed by atoms with Crippen molar-refractivity contribution in [1.29, 1.82) is 5.26 Å². The molecule has 0 spiro atoms. The molecule has 144 valence electrons. The van der Waals surface area contributed by atoms with Gasteiger partial charge in [-0.05, 0) is 49.1 Å². The third-order valence-electron chi connectivity index (χ3n) is 4.66. The lowest BCUT2D eigenvalue weighted by Crippen LogP contribution is -2.32. The molecule has 2 aromatic carbocycles. The number of nitrogens with zero attached hydrogens (tertiary/aromatic N) is 2. The maximum Gasteiger partial charge on any atom is 0.260 e. The van der Waals surface area contributed by atoms with Crippen LogP contribution in [0.15, 0.2) is 48.5 Å². The van der Waals surface area contributed by atoms with Crippen LogP contribution in [0.1, 0.15) is 30.4 Å². The van der Waals surface area contributed by atoms with Gasteiger partial charge in [-0.3, -0.25) is 9.59 Å². The maximum atomic E-state index is 12.2. The molecule has 0 aliphatic carbocycles. The van der Waals surface area contributed by atoms with Gasteiger partial charge in [0.25, 0.3) is 5.91 Å². The molecule has 1 saturated heterocycles. The quantitative estimate of drug-likeness (QED) is 0.804. The molecule has 0 atom stereocenters. The highest BCUT2D eigenvalue weighted by Gasteiger charge is 2.18. The zero-order valence-electron chi connectivity index (χ0n) is 15.7. The number of aryl methyl sites for hydroxylation is 1. The van der Waals surface area contributed by atoms with E-state index in [-0.39, 0.29) is 18.4 Å². The summed E-state index contributed by atoms with van der Waals surface area (Å²) in [4.78, 5) is 26.1. The van der Waals surface area contributed by atoms with Crippen LogP contribution in [0, 0.1) is 11.3 Å². The normalized spacial score (nSPS) is 13.0. The van der Waals surface area contributed by atoms with E-state index in [9.17, 15) is 9.59 Å². The largest absolute Gasteiger partial charge is 0.484 e. The van der Waals surface area contributed by atoms with Gasteiger partial charge in [-0.2, -0.15) is 5.26 Å². The number of ether oxygens (including phenoxy) is 1. The van der Waals surface area contributed by atoms with Crippen molar-refractivity contribution in [2.75, 3.05) is 25.0 Å². The fourth-order valence-electron chi connectivity index (χ4n) is 3.09. The second-order valence-corrected chi connectivity index (χ2v) is 6.76. The number of anilines is 1. The number of likely N-dealkylation sites (tertiary alicyclic amines) is 1. The second-order valence-electron chi connectivity index (χ2n) is 6.76. The van der Waals surface area contributed by atoms with Crippen LogP contribution in [0.3, 0.4) is 0 Å². The number of hydrogen-bond acceptors (Lipinski definition) is 4. The first kappa shape index (κ1) is 19.4. The number of hydrogen-bond donors (Lipinski definition) is 1. The Hall–Kier alpha value is -3.33. The lowest BCUT2D eigenvalue weighted by Gasteiger charge is -2.15. The number of nitrogens with one attached hydrogen (secondary N) is 1. The standard InChI is InChI=1S/C22H23N3O3/c23-15-18-8-6-17(7-9-18)10-11-21(26)24-19-4-3-5-20(14-19)28-16-22(27)25-12-1-2-13-25/h3-9,14H,1-2,10-13,16H2,(H,24,26). The molecule has 1 heterocycles. The number of carbonyl (C=O) groups is 2. The van der Waals surface area contributed by atoms with Crippen molar-refractivity contribution >= 4 is 17.5 Å². The Morgan fingerprint density at radius 3 is 2.57 bits per heavy atom. The van der Waals surface area contributed by atoms with E-state index in [1.807, 2.05) is 17.0 Å². The van der Waals surface area contributed by atoms with E-state index in [0.29, 0.717) is 29.8 Å². The Kier molecular flexibility index (Phi) is 6.64. The van der Waals surface area contributed by atoms with Crippen molar-refractivity contribution < 1.29 is 14.3 Å². The molecular weight excluding hydrogens is 354 g/mol. The summed E-state index contributed by atoms with van der Waals surface area (Å²) in [7, 11) is 0. The van der Waals surface area contributed by atoms with Crippen LogP contribution in [0.4, 0.5) is 5.69 Å². The molecule has 0 aromatic heterocycles. The molecule has 28 heavy (non-hydrogen) atoms. The predicted octanol–water partition coefficient (Wildman–Crippen LogP) is 3.13. The minimum atomic E-state index is -0.102. The van der Waals surface area contributed by atoms with Crippen molar-refractivity contribution in [1.82, 2.24) is 4.90 Å². The molecule has 2 aromatic rings. The summed E-state index contributed by atoms with van der Waals surface area (Å²) in [5, 5.41) is 11.7. The summed E-state index contributed by atoms with van der Waals surface area (Å²) in [5.74, 6) is 0.446. The first-order chi connectivity index (χ1) is 13.6. The van der Waals surface area contributed by atoms with Crippen molar-refractivity contribution in [3.8, 4) is 11.8 Å². The Morgan fingerprint density at radius 1 is 1.11 bits per heavy atom. The van der Waals surface area contributed by atoms with Gasteiger partial charge >= 0.3 is 0 Å². The van der Waals surface area contributed by atoms with E-state index in [0.717, 1.165) is 31.5 Å². The monoisotopic (exact) mass is 377 g/mol. The van der Waals surface area contributed by atoms with Crippen molar-refractivity contribution in [3.63, 3.8) is 0 Å². The fourth-order valence-corrected chi connectivity index (χ4v) is 3.09. The average Bonchev–Trinajstić information content (AvgIpc) is 3.26. The van der Waals surface area contributed by atoms with E-state index in [1.165, 1.54) is 0 Å². The Balaban J connectivity index is 1.47. The number of benzene rings is 2. The van der Waals surface area contributed by atoms with Crippen molar-refractivity contribution in [2.45, 2.75) is 25.7 Å².